The Labute approximate surface area is 131 Å². The molecule has 0 amide bonds. The van der Waals surface area contributed by atoms with Gasteiger partial charge in [0.25, 0.3) is 0 Å². The van der Waals surface area contributed by atoms with Gasteiger partial charge >= 0.3 is 0 Å². The first-order valence-electron chi connectivity index (χ1n) is 7.30. The minimum Gasteiger partial charge on any atom is -0.392 e. The fraction of sp³-hybridized carbons (Fsp3) is 0.333. The first-order chi connectivity index (χ1) is 10.1. The van der Waals surface area contributed by atoms with Gasteiger partial charge in [-0.2, -0.15) is 0 Å². The molecule has 2 nitrogen and oxygen atoms in total. The van der Waals surface area contributed by atoms with E-state index in [2.05, 4.69) is 19.1 Å². The smallest absolute Gasteiger partial charge is 0.0624 e. The molecule has 0 aliphatic rings. The molecular formula is C18H22ClNO. The Hall–Kier alpha value is -1.35. The van der Waals surface area contributed by atoms with Crippen LogP contribution in [-0.4, -0.2) is 17.8 Å². The summed E-state index contributed by atoms with van der Waals surface area (Å²) in [5.41, 5.74) is 9.31. The van der Waals surface area contributed by atoms with Gasteiger partial charge in [0.05, 0.1) is 6.10 Å². The molecule has 0 aromatic heterocycles. The monoisotopic (exact) mass is 303 g/mol. The van der Waals surface area contributed by atoms with E-state index in [0.29, 0.717) is 18.0 Å². The maximum absolute atomic E-state index is 10.5. The quantitative estimate of drug-likeness (QED) is 0.855. The van der Waals surface area contributed by atoms with Gasteiger partial charge in [-0.3, -0.25) is 0 Å². The Bertz CT molecular complexity index is 585. The van der Waals surface area contributed by atoms with Crippen LogP contribution in [0.1, 0.15) is 29.0 Å². The lowest BCUT2D eigenvalue weighted by Gasteiger charge is -2.23. The van der Waals surface area contributed by atoms with E-state index < -0.39 is 6.10 Å². The zero-order valence-corrected chi connectivity index (χ0v) is 13.1. The van der Waals surface area contributed by atoms with E-state index in [1.165, 1.54) is 11.1 Å². The summed E-state index contributed by atoms with van der Waals surface area (Å²) in [6.45, 7) is 2.48. The summed E-state index contributed by atoms with van der Waals surface area (Å²) in [5.74, 6) is -0.122. The summed E-state index contributed by atoms with van der Waals surface area (Å²) in [6, 6.07) is 15.9. The van der Waals surface area contributed by atoms with E-state index in [0.717, 1.165) is 12.0 Å². The Morgan fingerprint density at radius 1 is 1.10 bits per heavy atom. The van der Waals surface area contributed by atoms with Gasteiger partial charge in [-0.25, -0.2) is 0 Å². The van der Waals surface area contributed by atoms with Crippen molar-refractivity contribution in [2.75, 3.05) is 6.54 Å². The van der Waals surface area contributed by atoms with Gasteiger partial charge in [-0.15, -0.1) is 0 Å². The molecule has 0 spiro atoms. The molecule has 0 radical (unpaired) electrons. The van der Waals surface area contributed by atoms with Crippen LogP contribution in [0.3, 0.4) is 0 Å². The number of rotatable bonds is 6. The number of aliphatic hydroxyl groups is 1. The normalized spacial score (nSPS) is 13.9. The van der Waals surface area contributed by atoms with E-state index >= 15 is 0 Å². The number of halogens is 1. The van der Waals surface area contributed by atoms with Crippen LogP contribution in [0.5, 0.6) is 0 Å². The lowest BCUT2D eigenvalue weighted by molar-refractivity contribution is 0.136. The molecular weight excluding hydrogens is 282 g/mol. The zero-order valence-electron chi connectivity index (χ0n) is 12.3. The zero-order chi connectivity index (χ0) is 15.2. The molecule has 2 aromatic carbocycles. The van der Waals surface area contributed by atoms with E-state index in [9.17, 15) is 5.11 Å². The topological polar surface area (TPSA) is 46.2 Å². The van der Waals surface area contributed by atoms with Gasteiger partial charge in [-0.05, 0) is 42.5 Å². The molecule has 2 aromatic rings. The predicted molar refractivity (Wildman–Crippen MR) is 88.8 cm³/mol. The highest BCUT2D eigenvalue weighted by Gasteiger charge is 2.21. The molecule has 0 fully saturated rings. The summed E-state index contributed by atoms with van der Waals surface area (Å²) >= 11 is 6.22. The van der Waals surface area contributed by atoms with E-state index in [-0.39, 0.29) is 5.92 Å². The third-order valence-corrected chi connectivity index (χ3v) is 4.34. The second kappa shape index (κ2) is 7.60. The summed E-state index contributed by atoms with van der Waals surface area (Å²) in [6.07, 6.45) is 1.03. The van der Waals surface area contributed by atoms with Gasteiger partial charge in [0.1, 0.15) is 0 Å². The number of hydrogen-bond acceptors (Lipinski definition) is 2. The third-order valence-electron chi connectivity index (χ3n) is 3.99. The molecule has 2 rings (SSSR count). The van der Waals surface area contributed by atoms with Gasteiger partial charge in [0.2, 0.25) is 0 Å². The lowest BCUT2D eigenvalue weighted by atomic mass is 9.89. The number of aryl methyl sites for hydroxylation is 2. The highest BCUT2D eigenvalue weighted by molar-refractivity contribution is 6.31. The summed E-state index contributed by atoms with van der Waals surface area (Å²) in [5, 5.41) is 11.2. The number of aliphatic hydroxyl groups excluding tert-OH is 1. The van der Waals surface area contributed by atoms with Crippen molar-refractivity contribution in [1.82, 2.24) is 0 Å². The summed E-state index contributed by atoms with van der Waals surface area (Å²) in [7, 11) is 0. The molecule has 2 atom stereocenters. The van der Waals surface area contributed by atoms with Crippen molar-refractivity contribution in [1.29, 1.82) is 0 Å². The largest absolute Gasteiger partial charge is 0.392 e. The first kappa shape index (κ1) is 16.0. The number of nitrogens with two attached hydrogens (primary N) is 1. The van der Waals surface area contributed by atoms with Gasteiger partial charge in [-0.1, -0.05) is 54.1 Å². The van der Waals surface area contributed by atoms with Crippen molar-refractivity contribution < 1.29 is 5.11 Å². The number of hydrogen-bond donors (Lipinski definition) is 2. The van der Waals surface area contributed by atoms with Crippen LogP contribution in [0.15, 0.2) is 48.5 Å². The molecule has 0 saturated carbocycles. The maximum atomic E-state index is 10.5. The fourth-order valence-corrected chi connectivity index (χ4v) is 2.94. The highest BCUT2D eigenvalue weighted by Crippen LogP contribution is 2.28. The molecule has 112 valence electrons. The molecule has 0 heterocycles. The van der Waals surface area contributed by atoms with Crippen molar-refractivity contribution in [2.45, 2.75) is 31.8 Å². The molecule has 0 saturated heterocycles. The van der Waals surface area contributed by atoms with Crippen molar-refractivity contribution in [3.8, 4) is 0 Å². The maximum Gasteiger partial charge on any atom is 0.0624 e. The highest BCUT2D eigenvalue weighted by atomic mass is 35.5. The van der Waals surface area contributed by atoms with Crippen molar-refractivity contribution in [3.63, 3.8) is 0 Å². The Kier molecular flexibility index (Phi) is 5.80. The van der Waals surface area contributed by atoms with Crippen molar-refractivity contribution >= 4 is 11.6 Å². The van der Waals surface area contributed by atoms with Crippen LogP contribution in [0, 0.1) is 6.92 Å². The number of benzene rings is 2. The Morgan fingerprint density at radius 3 is 2.43 bits per heavy atom. The van der Waals surface area contributed by atoms with Crippen molar-refractivity contribution in [3.05, 3.63) is 70.2 Å². The third kappa shape index (κ3) is 4.07. The van der Waals surface area contributed by atoms with Gasteiger partial charge in [0, 0.05) is 17.5 Å². The van der Waals surface area contributed by atoms with Crippen LogP contribution < -0.4 is 5.73 Å². The molecule has 0 bridgehead atoms. The molecule has 0 aliphatic heterocycles. The van der Waals surface area contributed by atoms with Crippen LogP contribution in [0.2, 0.25) is 5.02 Å². The molecule has 21 heavy (non-hydrogen) atoms. The van der Waals surface area contributed by atoms with Crippen LogP contribution in [-0.2, 0) is 6.42 Å². The molecule has 0 aliphatic carbocycles. The van der Waals surface area contributed by atoms with Crippen molar-refractivity contribution in [2.24, 2.45) is 5.73 Å². The molecule has 2 unspecified atom stereocenters. The van der Waals surface area contributed by atoms with Gasteiger partial charge in [0.15, 0.2) is 0 Å². The minimum atomic E-state index is -0.491. The SMILES string of the molecule is Cc1ccccc1CCC(O)C(CN)c1ccccc1Cl. The second-order valence-electron chi connectivity index (χ2n) is 5.40. The minimum absolute atomic E-state index is 0.122. The summed E-state index contributed by atoms with van der Waals surface area (Å²) < 4.78 is 0. The Balaban J connectivity index is 2.06. The van der Waals surface area contributed by atoms with Gasteiger partial charge < -0.3 is 10.8 Å². The Morgan fingerprint density at radius 2 is 1.76 bits per heavy atom. The standard InChI is InChI=1S/C18H22ClNO/c1-13-6-2-3-7-14(13)10-11-18(21)16(12-20)15-8-4-5-9-17(15)19/h2-9,16,18,21H,10-12,20H2,1H3. The fourth-order valence-electron chi connectivity index (χ4n) is 2.66. The van der Waals surface area contributed by atoms with Crippen LogP contribution >= 0.6 is 11.6 Å². The second-order valence-corrected chi connectivity index (χ2v) is 5.80. The first-order valence-corrected chi connectivity index (χ1v) is 7.68. The average molecular weight is 304 g/mol. The van der Waals surface area contributed by atoms with Crippen LogP contribution in [0.25, 0.3) is 0 Å². The van der Waals surface area contributed by atoms with E-state index in [1.807, 2.05) is 36.4 Å². The molecule has 3 heteroatoms. The summed E-state index contributed by atoms with van der Waals surface area (Å²) in [4.78, 5) is 0. The van der Waals surface area contributed by atoms with E-state index in [4.69, 9.17) is 17.3 Å². The molecule has 3 N–H and O–H groups in total. The van der Waals surface area contributed by atoms with E-state index in [1.54, 1.807) is 0 Å². The lowest BCUT2D eigenvalue weighted by Crippen LogP contribution is -2.26. The predicted octanol–water partition coefficient (Wildman–Crippen LogP) is 3.68. The van der Waals surface area contributed by atoms with Crippen LogP contribution in [0.4, 0.5) is 0 Å². The average Bonchev–Trinajstić information content (AvgIpc) is 2.49.